The van der Waals surface area contributed by atoms with Crippen molar-refractivity contribution in [1.29, 1.82) is 0 Å². The van der Waals surface area contributed by atoms with E-state index in [4.69, 9.17) is 5.21 Å². The minimum atomic E-state index is -1.25. The van der Waals surface area contributed by atoms with Gasteiger partial charge in [0.15, 0.2) is 0 Å². The number of anilines is 1. The van der Waals surface area contributed by atoms with Gasteiger partial charge in [0.05, 0.1) is 10.5 Å². The van der Waals surface area contributed by atoms with Gasteiger partial charge in [-0.2, -0.15) is 0 Å². The first-order valence-corrected chi connectivity index (χ1v) is 13.9. The smallest absolute Gasteiger partial charge is 0.277 e. The zero-order valence-electron chi connectivity index (χ0n) is 21.5. The topological polar surface area (TPSA) is 105 Å². The second-order valence-corrected chi connectivity index (χ2v) is 11.2. The van der Waals surface area contributed by atoms with E-state index >= 15 is 0 Å². The lowest BCUT2D eigenvalue weighted by molar-refractivity contribution is 0.0705. The molecule has 2 aromatic carbocycles. The highest BCUT2D eigenvalue weighted by atomic mass is 32.2. The second kappa shape index (κ2) is 12.1. The Bertz CT molecular complexity index is 1260. The first kappa shape index (κ1) is 26.4. The summed E-state index contributed by atoms with van der Waals surface area (Å²) in [5.41, 5.74) is 5.35. The third-order valence-corrected chi connectivity index (χ3v) is 8.59. The molecular weight excluding hydrogens is 502 g/mol. The van der Waals surface area contributed by atoms with Crippen LogP contribution in [0.25, 0.3) is 11.1 Å². The molecule has 2 fully saturated rings. The van der Waals surface area contributed by atoms with Crippen LogP contribution in [0.15, 0.2) is 65.8 Å². The van der Waals surface area contributed by atoms with E-state index in [2.05, 4.69) is 63.2 Å². The molecule has 0 spiro atoms. The molecule has 3 aromatic rings. The first-order valence-electron chi connectivity index (χ1n) is 12.8. The highest BCUT2D eigenvalue weighted by Gasteiger charge is 2.24. The highest BCUT2D eigenvalue weighted by molar-refractivity contribution is 7.82. The fourth-order valence-electron chi connectivity index (χ4n) is 4.75. The summed E-state index contributed by atoms with van der Waals surface area (Å²) in [5, 5.41) is 8.72. The van der Waals surface area contributed by atoms with Crippen molar-refractivity contribution < 1.29 is 14.2 Å². The molecule has 1 amide bonds. The van der Waals surface area contributed by atoms with Crippen molar-refractivity contribution in [2.45, 2.75) is 11.4 Å². The molecule has 1 atom stereocenters. The Labute approximate surface area is 225 Å². The average Bonchev–Trinajstić information content (AvgIpc) is 2.98. The number of benzene rings is 2. The van der Waals surface area contributed by atoms with Gasteiger partial charge in [0.1, 0.15) is 11.0 Å². The van der Waals surface area contributed by atoms with Crippen molar-refractivity contribution in [2.24, 2.45) is 0 Å². The number of rotatable bonds is 7. The molecular formula is C27H33N7O3S. The van der Waals surface area contributed by atoms with Crippen LogP contribution in [0.1, 0.15) is 15.9 Å². The number of hydroxylamine groups is 1. The molecule has 2 N–H and O–H groups in total. The lowest BCUT2D eigenvalue weighted by Crippen LogP contribution is -2.47. The van der Waals surface area contributed by atoms with Gasteiger partial charge >= 0.3 is 0 Å². The predicted octanol–water partition coefficient (Wildman–Crippen LogP) is 1.85. The molecule has 10 nitrogen and oxygen atoms in total. The molecule has 0 radical (unpaired) electrons. The molecule has 38 heavy (non-hydrogen) atoms. The summed E-state index contributed by atoms with van der Waals surface area (Å²) in [6.45, 7) is 7.82. The Morgan fingerprint density at radius 3 is 2.26 bits per heavy atom. The molecule has 1 aromatic heterocycles. The van der Waals surface area contributed by atoms with Crippen molar-refractivity contribution in [2.75, 3.05) is 64.3 Å². The van der Waals surface area contributed by atoms with Gasteiger partial charge in [0.25, 0.3) is 5.91 Å². The van der Waals surface area contributed by atoms with Gasteiger partial charge in [-0.15, -0.1) is 0 Å². The number of hydrogen-bond donors (Lipinski definition) is 2. The molecule has 2 aliphatic rings. The molecule has 1 unspecified atom stereocenters. The van der Waals surface area contributed by atoms with E-state index in [0.717, 1.165) is 43.2 Å². The van der Waals surface area contributed by atoms with E-state index < -0.39 is 16.9 Å². The summed E-state index contributed by atoms with van der Waals surface area (Å²) in [4.78, 5) is 27.5. The number of carbonyl (C=O) groups is 1. The number of likely N-dealkylation sites (N-methyl/N-ethyl adjacent to an activating group) is 1. The lowest BCUT2D eigenvalue weighted by atomic mass is 10.0. The van der Waals surface area contributed by atoms with E-state index in [1.54, 1.807) is 5.48 Å². The molecule has 200 valence electrons. The largest absolute Gasteiger partial charge is 0.338 e. The maximum absolute atomic E-state index is 13.3. The van der Waals surface area contributed by atoms with E-state index in [9.17, 15) is 9.00 Å². The zero-order valence-corrected chi connectivity index (χ0v) is 22.3. The van der Waals surface area contributed by atoms with Gasteiger partial charge in [-0.25, -0.2) is 24.0 Å². The summed E-state index contributed by atoms with van der Waals surface area (Å²) < 4.78 is 15.2. The summed E-state index contributed by atoms with van der Waals surface area (Å²) in [7, 11) is 0.919. The SMILES string of the molecule is CN1CCN(Cc2cccc(-c3ccc(S(=O)N4CCN(c5ncc(C(=O)NO)cn5)CC4)cc3)c2)CC1. The van der Waals surface area contributed by atoms with Crippen LogP contribution in [0.4, 0.5) is 5.95 Å². The predicted molar refractivity (Wildman–Crippen MR) is 146 cm³/mol. The first-order chi connectivity index (χ1) is 18.5. The van der Waals surface area contributed by atoms with Gasteiger partial charge in [-0.3, -0.25) is 14.9 Å². The number of piperazine rings is 2. The summed E-state index contributed by atoms with van der Waals surface area (Å²) >= 11 is 0. The number of amides is 1. The van der Waals surface area contributed by atoms with E-state index in [1.165, 1.54) is 23.5 Å². The van der Waals surface area contributed by atoms with Crippen molar-refractivity contribution in [3.8, 4) is 11.1 Å². The minimum Gasteiger partial charge on any atom is -0.338 e. The maximum atomic E-state index is 13.3. The molecule has 2 aliphatic heterocycles. The average molecular weight is 536 g/mol. The van der Waals surface area contributed by atoms with Crippen LogP contribution in [0.5, 0.6) is 0 Å². The maximum Gasteiger partial charge on any atom is 0.277 e. The number of nitrogens with zero attached hydrogens (tertiary/aromatic N) is 6. The molecule has 11 heteroatoms. The second-order valence-electron chi connectivity index (χ2n) is 9.68. The number of aromatic nitrogens is 2. The molecule has 3 heterocycles. The van der Waals surface area contributed by atoms with Crippen molar-refractivity contribution in [3.63, 3.8) is 0 Å². The molecule has 5 rings (SSSR count). The molecule has 0 saturated carbocycles. The monoisotopic (exact) mass is 535 g/mol. The third-order valence-electron chi connectivity index (χ3n) is 7.08. The van der Waals surface area contributed by atoms with Crippen LogP contribution < -0.4 is 10.4 Å². The summed E-state index contributed by atoms with van der Waals surface area (Å²) in [6.07, 6.45) is 2.75. The van der Waals surface area contributed by atoms with Gasteiger partial charge in [0, 0.05) is 71.3 Å². The fraction of sp³-hybridized carbons (Fsp3) is 0.370. The normalized spacial score (nSPS) is 18.3. The molecule has 0 aliphatic carbocycles. The van der Waals surface area contributed by atoms with Gasteiger partial charge in [0.2, 0.25) is 5.95 Å². The Morgan fingerprint density at radius 2 is 1.61 bits per heavy atom. The van der Waals surface area contributed by atoms with Crippen LogP contribution in [-0.2, 0) is 17.5 Å². The van der Waals surface area contributed by atoms with E-state index in [1.807, 2.05) is 21.3 Å². The van der Waals surface area contributed by atoms with E-state index in [0.29, 0.717) is 32.1 Å². The highest BCUT2D eigenvalue weighted by Crippen LogP contribution is 2.24. The Hall–Kier alpha value is -3.22. The lowest BCUT2D eigenvalue weighted by Gasteiger charge is -2.33. The van der Waals surface area contributed by atoms with Crippen LogP contribution in [0.3, 0.4) is 0 Å². The van der Waals surface area contributed by atoms with Crippen LogP contribution in [0, 0.1) is 0 Å². The summed E-state index contributed by atoms with van der Waals surface area (Å²) in [6, 6.07) is 16.7. The molecule has 0 bridgehead atoms. The quantitative estimate of drug-likeness (QED) is 0.349. The number of nitrogens with one attached hydrogen (secondary N) is 1. The summed E-state index contributed by atoms with van der Waals surface area (Å²) in [5.74, 6) is -0.148. The van der Waals surface area contributed by atoms with Gasteiger partial charge in [-0.05, 0) is 41.9 Å². The zero-order chi connectivity index (χ0) is 26.5. The van der Waals surface area contributed by atoms with Gasteiger partial charge < -0.3 is 9.80 Å². The Kier molecular flexibility index (Phi) is 8.40. The fourth-order valence-corrected chi connectivity index (χ4v) is 5.91. The number of hydrogen-bond acceptors (Lipinski definition) is 8. The standard InChI is InChI=1S/C27H33N7O3S/c1-31-9-11-32(12-10-31)20-21-3-2-4-23(17-21)22-5-7-25(8-6-22)38(37)34-15-13-33(14-16-34)27-28-18-24(19-29-27)26(35)30-36/h2-8,17-19,36H,9-16,20H2,1H3,(H,30,35). The van der Waals surface area contributed by atoms with Crippen molar-refractivity contribution >= 4 is 22.8 Å². The minimum absolute atomic E-state index is 0.182. The Balaban J connectivity index is 1.17. The Morgan fingerprint density at radius 1 is 0.921 bits per heavy atom. The number of carbonyl (C=O) groups excluding carboxylic acids is 1. The van der Waals surface area contributed by atoms with E-state index in [-0.39, 0.29) is 5.56 Å². The third kappa shape index (κ3) is 6.25. The van der Waals surface area contributed by atoms with Crippen LogP contribution >= 0.6 is 0 Å². The van der Waals surface area contributed by atoms with Crippen molar-refractivity contribution in [3.05, 3.63) is 72.1 Å². The van der Waals surface area contributed by atoms with Gasteiger partial charge in [-0.1, -0.05) is 30.3 Å². The van der Waals surface area contributed by atoms with Crippen molar-refractivity contribution in [1.82, 2.24) is 29.6 Å². The van der Waals surface area contributed by atoms with Crippen LogP contribution in [-0.4, -0.2) is 98.8 Å². The molecule has 2 saturated heterocycles. The van der Waals surface area contributed by atoms with Crippen LogP contribution in [0.2, 0.25) is 0 Å².